The monoisotopic (exact) mass is 219 g/mol. The van der Waals surface area contributed by atoms with Crippen LogP contribution in [0.15, 0.2) is 18.2 Å². The highest BCUT2D eigenvalue weighted by Gasteiger charge is 2.11. The molecule has 2 N–H and O–H groups in total. The van der Waals surface area contributed by atoms with Crippen LogP contribution in [0.1, 0.15) is 29.5 Å². The van der Waals surface area contributed by atoms with Crippen LogP contribution in [0.2, 0.25) is 0 Å². The number of benzene rings is 1. The van der Waals surface area contributed by atoms with Crippen LogP contribution in [-0.4, -0.2) is 17.6 Å². The Bertz CT molecular complexity index is 388. The van der Waals surface area contributed by atoms with Gasteiger partial charge in [-0.05, 0) is 42.5 Å². The van der Waals surface area contributed by atoms with Crippen LogP contribution in [0.25, 0.3) is 0 Å². The van der Waals surface area contributed by atoms with Gasteiger partial charge in [0, 0.05) is 13.0 Å². The molecule has 86 valence electrons. The number of rotatable bonds is 3. The average molecular weight is 219 g/mol. The maximum Gasteiger partial charge on any atom is 0.303 e. The van der Waals surface area contributed by atoms with Crippen molar-refractivity contribution in [3.63, 3.8) is 0 Å². The molecule has 0 amide bonds. The Balaban J connectivity index is 2.20. The highest BCUT2D eigenvalue weighted by atomic mass is 16.4. The predicted octanol–water partition coefficient (Wildman–Crippen LogP) is 1.74. The lowest BCUT2D eigenvalue weighted by atomic mass is 9.95. The summed E-state index contributed by atoms with van der Waals surface area (Å²) in [5, 5.41) is 12.1. The topological polar surface area (TPSA) is 49.3 Å². The van der Waals surface area contributed by atoms with Crippen LogP contribution in [0.3, 0.4) is 0 Å². The Morgan fingerprint density at radius 3 is 3.12 bits per heavy atom. The normalized spacial score (nSPS) is 15.2. The van der Waals surface area contributed by atoms with Crippen molar-refractivity contribution < 1.29 is 9.90 Å². The summed E-state index contributed by atoms with van der Waals surface area (Å²) >= 11 is 0. The number of carboxylic acids is 1. The fraction of sp³-hybridized carbons (Fsp3) is 0.462. The van der Waals surface area contributed by atoms with Gasteiger partial charge in [0.15, 0.2) is 0 Å². The van der Waals surface area contributed by atoms with Gasteiger partial charge < -0.3 is 10.4 Å². The van der Waals surface area contributed by atoms with Gasteiger partial charge in [0.05, 0.1) is 0 Å². The Morgan fingerprint density at radius 1 is 1.44 bits per heavy atom. The largest absolute Gasteiger partial charge is 0.481 e. The van der Waals surface area contributed by atoms with E-state index in [2.05, 4.69) is 17.4 Å². The maximum atomic E-state index is 10.6. The van der Waals surface area contributed by atoms with Gasteiger partial charge in [-0.2, -0.15) is 0 Å². The molecule has 1 aliphatic rings. The lowest BCUT2D eigenvalue weighted by molar-refractivity contribution is -0.136. The molecule has 0 saturated carbocycles. The Labute approximate surface area is 95.5 Å². The van der Waals surface area contributed by atoms with Crippen LogP contribution in [0.5, 0.6) is 0 Å². The quantitative estimate of drug-likeness (QED) is 0.814. The summed E-state index contributed by atoms with van der Waals surface area (Å²) in [6.07, 6.45) is 3.08. The van der Waals surface area contributed by atoms with Gasteiger partial charge in [-0.15, -0.1) is 0 Å². The van der Waals surface area contributed by atoms with E-state index in [0.29, 0.717) is 6.42 Å². The van der Waals surface area contributed by atoms with Gasteiger partial charge in [0.1, 0.15) is 0 Å². The van der Waals surface area contributed by atoms with Gasteiger partial charge in [-0.3, -0.25) is 4.79 Å². The third-order valence-corrected chi connectivity index (χ3v) is 3.07. The number of hydrogen-bond donors (Lipinski definition) is 2. The molecule has 0 aliphatic carbocycles. The third-order valence-electron chi connectivity index (χ3n) is 3.07. The number of nitrogens with one attached hydrogen (secondary N) is 1. The number of aliphatic carboxylic acids is 1. The summed E-state index contributed by atoms with van der Waals surface area (Å²) in [6.45, 7) is 1.96. The molecule has 0 atom stereocenters. The number of hydrogen-bond acceptors (Lipinski definition) is 2. The van der Waals surface area contributed by atoms with E-state index in [1.165, 1.54) is 16.7 Å². The van der Waals surface area contributed by atoms with E-state index < -0.39 is 5.97 Å². The molecule has 2 rings (SSSR count). The van der Waals surface area contributed by atoms with Crippen molar-refractivity contribution in [1.29, 1.82) is 0 Å². The van der Waals surface area contributed by atoms with Crippen LogP contribution >= 0.6 is 0 Å². The van der Waals surface area contributed by atoms with E-state index in [0.717, 1.165) is 25.9 Å². The minimum Gasteiger partial charge on any atom is -0.481 e. The summed E-state index contributed by atoms with van der Waals surface area (Å²) in [5.74, 6) is -0.718. The highest BCUT2D eigenvalue weighted by molar-refractivity contribution is 5.67. The molecule has 1 aromatic carbocycles. The van der Waals surface area contributed by atoms with Crippen LogP contribution in [0.4, 0.5) is 0 Å². The predicted molar refractivity (Wildman–Crippen MR) is 62.4 cm³/mol. The first-order valence-electron chi connectivity index (χ1n) is 5.79. The molecule has 1 heterocycles. The molecule has 0 bridgehead atoms. The SMILES string of the molecule is O=C(O)CCc1cccc2c1CCCNC2. The smallest absolute Gasteiger partial charge is 0.303 e. The minimum absolute atomic E-state index is 0.226. The van der Waals surface area contributed by atoms with Crippen LogP contribution in [-0.2, 0) is 24.2 Å². The second kappa shape index (κ2) is 5.12. The Morgan fingerprint density at radius 2 is 2.31 bits per heavy atom. The lowest BCUT2D eigenvalue weighted by Gasteiger charge is -2.11. The van der Waals surface area contributed by atoms with Crippen molar-refractivity contribution in [2.75, 3.05) is 6.54 Å². The molecular formula is C13H17NO2. The number of carbonyl (C=O) groups is 1. The fourth-order valence-electron chi connectivity index (χ4n) is 2.26. The first-order valence-corrected chi connectivity index (χ1v) is 5.79. The van der Waals surface area contributed by atoms with Crippen molar-refractivity contribution in [3.8, 4) is 0 Å². The third kappa shape index (κ3) is 2.61. The van der Waals surface area contributed by atoms with E-state index in [-0.39, 0.29) is 6.42 Å². The molecular weight excluding hydrogens is 202 g/mol. The van der Waals surface area contributed by atoms with Crippen molar-refractivity contribution in [3.05, 3.63) is 34.9 Å². The van der Waals surface area contributed by atoms with E-state index in [1.807, 2.05) is 6.07 Å². The second-order valence-electron chi connectivity index (χ2n) is 4.23. The fourth-order valence-corrected chi connectivity index (χ4v) is 2.26. The molecule has 3 heteroatoms. The molecule has 3 nitrogen and oxygen atoms in total. The molecule has 0 fully saturated rings. The zero-order chi connectivity index (χ0) is 11.4. The second-order valence-corrected chi connectivity index (χ2v) is 4.23. The lowest BCUT2D eigenvalue weighted by Crippen LogP contribution is -2.12. The van der Waals surface area contributed by atoms with Gasteiger partial charge in [-0.1, -0.05) is 18.2 Å². The first-order chi connectivity index (χ1) is 7.77. The summed E-state index contributed by atoms with van der Waals surface area (Å²) in [7, 11) is 0. The van der Waals surface area contributed by atoms with E-state index in [1.54, 1.807) is 0 Å². The van der Waals surface area contributed by atoms with Crippen molar-refractivity contribution in [2.24, 2.45) is 0 Å². The Kier molecular flexibility index (Phi) is 3.57. The Hall–Kier alpha value is -1.35. The van der Waals surface area contributed by atoms with Gasteiger partial charge in [0.2, 0.25) is 0 Å². The van der Waals surface area contributed by atoms with Gasteiger partial charge in [-0.25, -0.2) is 0 Å². The van der Waals surface area contributed by atoms with Crippen molar-refractivity contribution in [1.82, 2.24) is 5.32 Å². The zero-order valence-corrected chi connectivity index (χ0v) is 9.33. The van der Waals surface area contributed by atoms with Crippen LogP contribution < -0.4 is 5.32 Å². The number of carboxylic acid groups (broad SMARTS) is 1. The standard InChI is InChI=1S/C13H17NO2/c15-13(16)7-6-10-3-1-4-11-9-14-8-2-5-12(10)11/h1,3-4,14H,2,5-9H2,(H,15,16). The number of fused-ring (bicyclic) bond motifs is 1. The summed E-state index contributed by atoms with van der Waals surface area (Å²) in [4.78, 5) is 10.6. The van der Waals surface area contributed by atoms with E-state index in [4.69, 9.17) is 5.11 Å². The highest BCUT2D eigenvalue weighted by Crippen LogP contribution is 2.20. The maximum absolute atomic E-state index is 10.6. The molecule has 0 spiro atoms. The first kappa shape index (κ1) is 11.1. The van der Waals surface area contributed by atoms with Gasteiger partial charge in [0.25, 0.3) is 0 Å². The molecule has 0 unspecified atom stereocenters. The molecule has 1 aromatic rings. The molecule has 0 saturated heterocycles. The minimum atomic E-state index is -0.718. The summed E-state index contributed by atoms with van der Waals surface area (Å²) < 4.78 is 0. The molecule has 0 radical (unpaired) electrons. The van der Waals surface area contributed by atoms with Crippen molar-refractivity contribution in [2.45, 2.75) is 32.2 Å². The van der Waals surface area contributed by atoms with E-state index in [9.17, 15) is 4.79 Å². The summed E-state index contributed by atoms with van der Waals surface area (Å²) in [5.41, 5.74) is 3.91. The number of aryl methyl sites for hydroxylation is 1. The van der Waals surface area contributed by atoms with Gasteiger partial charge >= 0.3 is 5.97 Å². The molecule has 1 aliphatic heterocycles. The molecule has 16 heavy (non-hydrogen) atoms. The summed E-state index contributed by atoms with van der Waals surface area (Å²) in [6, 6.07) is 6.23. The van der Waals surface area contributed by atoms with E-state index >= 15 is 0 Å². The average Bonchev–Trinajstić information content (AvgIpc) is 2.51. The van der Waals surface area contributed by atoms with Crippen molar-refractivity contribution >= 4 is 5.97 Å². The van der Waals surface area contributed by atoms with Crippen LogP contribution in [0, 0.1) is 0 Å². The molecule has 0 aromatic heterocycles. The zero-order valence-electron chi connectivity index (χ0n) is 9.33.